The average Bonchev–Trinajstić information content (AvgIpc) is 2.99. The van der Waals surface area contributed by atoms with Crippen molar-refractivity contribution in [1.29, 1.82) is 0 Å². The lowest BCUT2D eigenvalue weighted by atomic mass is 10.0. The summed E-state index contributed by atoms with van der Waals surface area (Å²) in [6.07, 6.45) is 0. The Labute approximate surface area is 231 Å². The summed E-state index contributed by atoms with van der Waals surface area (Å²) in [5, 5.41) is 10.9. The minimum Gasteiger partial charge on any atom is -0.468 e. The van der Waals surface area contributed by atoms with Crippen LogP contribution in [-0.4, -0.2) is 44.3 Å². The van der Waals surface area contributed by atoms with E-state index in [2.05, 4.69) is 0 Å². The number of nitrogen functional groups attached to an aromatic ring is 1. The summed E-state index contributed by atoms with van der Waals surface area (Å²) in [6, 6.07) is 26.1. The van der Waals surface area contributed by atoms with Crippen molar-refractivity contribution in [3.8, 4) is 11.5 Å². The van der Waals surface area contributed by atoms with Crippen LogP contribution < -0.4 is 15.2 Å². The number of ether oxygens (including phenoxy) is 4. The molecule has 0 bridgehead atoms. The molecule has 0 aromatic heterocycles. The molecule has 10 heteroatoms. The van der Waals surface area contributed by atoms with Gasteiger partial charge in [0.15, 0.2) is 25.2 Å². The zero-order valence-electron chi connectivity index (χ0n) is 21.9. The maximum Gasteiger partial charge on any atom is 0.280 e. The molecule has 0 saturated carbocycles. The van der Waals surface area contributed by atoms with Crippen LogP contribution in [-0.2, 0) is 9.47 Å². The summed E-state index contributed by atoms with van der Waals surface area (Å²) in [4.78, 5) is 35.0. The number of carbonyl (C=O) groups is 2. The molecule has 40 heavy (non-hydrogen) atoms. The van der Waals surface area contributed by atoms with Gasteiger partial charge in [-0.1, -0.05) is 24.3 Å². The first kappa shape index (κ1) is 29.5. The van der Waals surface area contributed by atoms with Gasteiger partial charge in [0, 0.05) is 42.7 Å². The first-order chi connectivity index (χ1) is 19.3. The fourth-order valence-corrected chi connectivity index (χ4v) is 3.50. The minimum absolute atomic E-state index is 0.0630. The van der Waals surface area contributed by atoms with E-state index in [1.165, 1.54) is 25.3 Å². The Kier molecular flexibility index (Phi) is 10.9. The largest absolute Gasteiger partial charge is 0.468 e. The standard InChI is InChI=1S/C15H13NO5.C15H15NO3/c1-20-10-21-12-8-6-11(7-9-12)15(17)13-4-2-3-5-14(13)16(18)19;1-18-10-19-12-8-6-11(7-9-12)15(17)13-4-2-3-5-14(13)16/h2-9H,10H2,1H3;2-9H,10,16H2,1H3. The number of hydrogen-bond acceptors (Lipinski definition) is 9. The number of ketones is 2. The van der Waals surface area contributed by atoms with Crippen LogP contribution in [0.4, 0.5) is 11.4 Å². The van der Waals surface area contributed by atoms with Crippen LogP contribution >= 0.6 is 0 Å². The van der Waals surface area contributed by atoms with E-state index in [1.807, 2.05) is 0 Å². The van der Waals surface area contributed by atoms with E-state index < -0.39 is 10.7 Å². The normalized spacial score (nSPS) is 10.2. The number of methoxy groups -OCH3 is 2. The van der Waals surface area contributed by atoms with Gasteiger partial charge >= 0.3 is 0 Å². The number of nitro groups is 1. The van der Waals surface area contributed by atoms with Crippen molar-refractivity contribution in [2.75, 3.05) is 33.5 Å². The van der Waals surface area contributed by atoms with Gasteiger partial charge in [-0.3, -0.25) is 19.7 Å². The summed E-state index contributed by atoms with van der Waals surface area (Å²) in [5.41, 5.74) is 7.56. The van der Waals surface area contributed by atoms with Gasteiger partial charge in [0.25, 0.3) is 5.69 Å². The Morgan fingerprint density at radius 3 is 1.55 bits per heavy atom. The molecule has 10 nitrogen and oxygen atoms in total. The summed E-state index contributed by atoms with van der Waals surface area (Å²) in [6.45, 7) is 0.288. The molecule has 0 aliphatic heterocycles. The lowest BCUT2D eigenvalue weighted by molar-refractivity contribution is -0.385. The van der Waals surface area contributed by atoms with E-state index in [0.717, 1.165) is 0 Å². The second-order valence-electron chi connectivity index (χ2n) is 8.17. The number of carbonyl (C=O) groups excluding carboxylic acids is 2. The fourth-order valence-electron chi connectivity index (χ4n) is 3.50. The Morgan fingerprint density at radius 1 is 0.675 bits per heavy atom. The van der Waals surface area contributed by atoms with Gasteiger partial charge in [-0.25, -0.2) is 0 Å². The lowest BCUT2D eigenvalue weighted by Gasteiger charge is -2.07. The zero-order chi connectivity index (χ0) is 28.9. The molecule has 4 rings (SSSR count). The molecule has 0 aliphatic rings. The number of nitrogens with two attached hydrogens (primary N) is 1. The summed E-state index contributed by atoms with van der Waals surface area (Å²) < 4.78 is 20.1. The molecule has 0 heterocycles. The molecule has 206 valence electrons. The predicted molar refractivity (Wildman–Crippen MR) is 149 cm³/mol. The SMILES string of the molecule is COCOc1ccc(C(=O)c2ccccc2N)cc1.COCOc1ccc(C(=O)c2ccccc2[N+](=O)[O-])cc1. The van der Waals surface area contributed by atoms with Crippen molar-refractivity contribution >= 4 is 22.9 Å². The number of benzene rings is 4. The van der Waals surface area contributed by atoms with Crippen LogP contribution in [0.25, 0.3) is 0 Å². The molecule has 0 unspecified atom stereocenters. The topological polar surface area (TPSA) is 140 Å². The van der Waals surface area contributed by atoms with E-state index >= 15 is 0 Å². The average molecular weight is 545 g/mol. The zero-order valence-corrected chi connectivity index (χ0v) is 21.9. The minimum atomic E-state index is -0.566. The second kappa shape index (κ2) is 14.8. The van der Waals surface area contributed by atoms with Crippen LogP contribution in [0.3, 0.4) is 0 Å². The highest BCUT2D eigenvalue weighted by Gasteiger charge is 2.20. The molecule has 4 aromatic carbocycles. The Hall–Kier alpha value is -5.06. The van der Waals surface area contributed by atoms with Gasteiger partial charge in [-0.2, -0.15) is 0 Å². The Morgan fingerprint density at radius 2 is 1.10 bits per heavy atom. The van der Waals surface area contributed by atoms with Crippen molar-refractivity contribution in [2.24, 2.45) is 0 Å². The monoisotopic (exact) mass is 544 g/mol. The molecule has 0 aliphatic carbocycles. The Balaban J connectivity index is 0.000000222. The van der Waals surface area contributed by atoms with Crippen LogP contribution in [0.15, 0.2) is 97.1 Å². The quantitative estimate of drug-likeness (QED) is 0.0876. The fraction of sp³-hybridized carbons (Fsp3) is 0.133. The van der Waals surface area contributed by atoms with Crippen molar-refractivity contribution in [2.45, 2.75) is 0 Å². The van der Waals surface area contributed by atoms with Crippen molar-refractivity contribution in [1.82, 2.24) is 0 Å². The van der Waals surface area contributed by atoms with Crippen molar-refractivity contribution in [3.05, 3.63) is 129 Å². The number of para-hydroxylation sites is 2. The third-order valence-corrected chi connectivity index (χ3v) is 5.47. The summed E-state index contributed by atoms with van der Waals surface area (Å²) in [7, 11) is 3.06. The van der Waals surface area contributed by atoms with Crippen LogP contribution in [0, 0.1) is 10.1 Å². The predicted octanol–water partition coefficient (Wildman–Crippen LogP) is 5.29. The van der Waals surface area contributed by atoms with E-state index in [0.29, 0.717) is 33.9 Å². The number of hydrogen-bond donors (Lipinski definition) is 1. The highest BCUT2D eigenvalue weighted by molar-refractivity contribution is 6.12. The van der Waals surface area contributed by atoms with Gasteiger partial charge in [0.1, 0.15) is 17.1 Å². The van der Waals surface area contributed by atoms with Gasteiger partial charge in [-0.15, -0.1) is 0 Å². The number of nitrogens with zero attached hydrogens (tertiary/aromatic N) is 1. The third kappa shape index (κ3) is 7.97. The van der Waals surface area contributed by atoms with Gasteiger partial charge in [-0.05, 0) is 66.7 Å². The van der Waals surface area contributed by atoms with E-state index in [-0.39, 0.29) is 30.6 Å². The molecule has 0 saturated heterocycles. The number of anilines is 1. The third-order valence-electron chi connectivity index (χ3n) is 5.47. The molecule has 4 aromatic rings. The van der Waals surface area contributed by atoms with Gasteiger partial charge in [0.05, 0.1) is 4.92 Å². The van der Waals surface area contributed by atoms with E-state index in [4.69, 9.17) is 24.7 Å². The summed E-state index contributed by atoms with van der Waals surface area (Å²) in [5.74, 6) is 0.701. The van der Waals surface area contributed by atoms with Crippen LogP contribution in [0.2, 0.25) is 0 Å². The summed E-state index contributed by atoms with van der Waals surface area (Å²) >= 11 is 0. The number of nitro benzene ring substituents is 1. The van der Waals surface area contributed by atoms with E-state index in [9.17, 15) is 19.7 Å². The van der Waals surface area contributed by atoms with E-state index in [1.54, 1.807) is 86.0 Å². The molecule has 0 spiro atoms. The molecular formula is C30H28N2O8. The highest BCUT2D eigenvalue weighted by atomic mass is 16.7. The second-order valence-corrected chi connectivity index (χ2v) is 8.17. The van der Waals surface area contributed by atoms with Gasteiger partial charge in [0.2, 0.25) is 0 Å². The number of rotatable bonds is 11. The molecule has 0 radical (unpaired) electrons. The smallest absolute Gasteiger partial charge is 0.280 e. The van der Waals surface area contributed by atoms with Crippen molar-refractivity contribution < 1.29 is 33.5 Å². The van der Waals surface area contributed by atoms with Crippen LogP contribution in [0.1, 0.15) is 31.8 Å². The van der Waals surface area contributed by atoms with Crippen molar-refractivity contribution in [3.63, 3.8) is 0 Å². The van der Waals surface area contributed by atoms with Gasteiger partial charge < -0.3 is 24.7 Å². The Bertz CT molecular complexity index is 1440. The molecule has 0 fully saturated rings. The maximum atomic E-state index is 12.3. The first-order valence-electron chi connectivity index (χ1n) is 12.0. The molecule has 2 N–H and O–H groups in total. The molecule has 0 amide bonds. The lowest BCUT2D eigenvalue weighted by Crippen LogP contribution is -2.05. The molecular weight excluding hydrogens is 516 g/mol. The van der Waals surface area contributed by atoms with Crippen LogP contribution in [0.5, 0.6) is 11.5 Å². The highest BCUT2D eigenvalue weighted by Crippen LogP contribution is 2.23. The maximum absolute atomic E-state index is 12.3. The molecule has 0 atom stereocenters. The first-order valence-corrected chi connectivity index (χ1v) is 12.0.